The minimum absolute atomic E-state index is 0.841. The minimum atomic E-state index is 0.841. The molecule has 0 aromatic carbocycles. The summed E-state index contributed by atoms with van der Waals surface area (Å²) in [6.07, 6.45) is 6.37. The quantitative estimate of drug-likeness (QED) is 0.866. The van der Waals surface area contributed by atoms with E-state index in [1.807, 2.05) is 18.3 Å². The van der Waals surface area contributed by atoms with Crippen LogP contribution in [0.4, 0.5) is 0 Å². The molecule has 1 aliphatic heterocycles. The summed E-state index contributed by atoms with van der Waals surface area (Å²) in [6, 6.07) is 3.90. The van der Waals surface area contributed by atoms with Crippen molar-refractivity contribution in [3.63, 3.8) is 0 Å². The molecule has 2 aromatic heterocycles. The highest BCUT2D eigenvalue weighted by Gasteiger charge is 2.11. The van der Waals surface area contributed by atoms with Gasteiger partial charge in [0.25, 0.3) is 0 Å². The van der Waals surface area contributed by atoms with Crippen molar-refractivity contribution in [2.24, 2.45) is 0 Å². The molecule has 4 nitrogen and oxygen atoms in total. The van der Waals surface area contributed by atoms with Gasteiger partial charge in [-0.2, -0.15) is 0 Å². The molecule has 0 saturated heterocycles. The van der Waals surface area contributed by atoms with E-state index in [9.17, 15) is 0 Å². The normalized spacial score (nSPS) is 14.6. The summed E-state index contributed by atoms with van der Waals surface area (Å²) in [5.74, 6) is 1.91. The molecule has 0 aliphatic carbocycles. The van der Waals surface area contributed by atoms with Crippen LogP contribution < -0.4 is 5.32 Å². The molecule has 4 heteroatoms. The zero-order chi connectivity index (χ0) is 11.5. The third-order valence-corrected chi connectivity index (χ3v) is 3.03. The third-order valence-electron chi connectivity index (χ3n) is 3.03. The maximum atomic E-state index is 5.30. The predicted octanol–water partition coefficient (Wildman–Crippen LogP) is 1.50. The molecule has 3 heterocycles. The SMILES string of the molecule is c1coc(CCc2ncc3c(n2)CCNC3)c1. The van der Waals surface area contributed by atoms with Gasteiger partial charge < -0.3 is 9.73 Å². The predicted molar refractivity (Wildman–Crippen MR) is 63.6 cm³/mol. The van der Waals surface area contributed by atoms with Crippen molar-refractivity contribution >= 4 is 0 Å². The van der Waals surface area contributed by atoms with Crippen LogP contribution in [0.5, 0.6) is 0 Å². The van der Waals surface area contributed by atoms with Gasteiger partial charge in [-0.05, 0) is 12.1 Å². The van der Waals surface area contributed by atoms with Crippen molar-refractivity contribution in [1.29, 1.82) is 0 Å². The zero-order valence-corrected chi connectivity index (χ0v) is 9.65. The number of nitrogens with one attached hydrogen (secondary N) is 1. The van der Waals surface area contributed by atoms with E-state index in [0.717, 1.165) is 43.9 Å². The van der Waals surface area contributed by atoms with Gasteiger partial charge in [0, 0.05) is 49.8 Å². The van der Waals surface area contributed by atoms with Crippen molar-refractivity contribution in [2.45, 2.75) is 25.8 Å². The Balaban J connectivity index is 1.71. The lowest BCUT2D eigenvalue weighted by Gasteiger charge is -2.15. The maximum Gasteiger partial charge on any atom is 0.129 e. The van der Waals surface area contributed by atoms with Crippen molar-refractivity contribution in [2.75, 3.05) is 6.54 Å². The molecule has 0 atom stereocenters. The summed E-state index contributed by atoms with van der Waals surface area (Å²) in [6.45, 7) is 1.91. The minimum Gasteiger partial charge on any atom is -0.469 e. The maximum absolute atomic E-state index is 5.30. The van der Waals surface area contributed by atoms with Crippen molar-refractivity contribution < 1.29 is 4.42 Å². The van der Waals surface area contributed by atoms with Crippen molar-refractivity contribution in [3.05, 3.63) is 47.4 Å². The first-order valence-electron chi connectivity index (χ1n) is 5.98. The number of aryl methyl sites for hydroxylation is 2. The second kappa shape index (κ2) is 4.67. The van der Waals surface area contributed by atoms with E-state index in [4.69, 9.17) is 4.42 Å². The first-order valence-corrected chi connectivity index (χ1v) is 5.98. The highest BCUT2D eigenvalue weighted by Crippen LogP contribution is 2.11. The van der Waals surface area contributed by atoms with Gasteiger partial charge >= 0.3 is 0 Å². The van der Waals surface area contributed by atoms with E-state index in [1.54, 1.807) is 6.26 Å². The van der Waals surface area contributed by atoms with Crippen LogP contribution in [-0.4, -0.2) is 16.5 Å². The van der Waals surface area contributed by atoms with Gasteiger partial charge in [-0.3, -0.25) is 0 Å². The molecule has 2 aromatic rings. The lowest BCUT2D eigenvalue weighted by Crippen LogP contribution is -2.25. The fourth-order valence-corrected chi connectivity index (χ4v) is 2.09. The lowest BCUT2D eigenvalue weighted by atomic mass is 10.1. The van der Waals surface area contributed by atoms with Crippen LogP contribution in [0.3, 0.4) is 0 Å². The topological polar surface area (TPSA) is 51.0 Å². The van der Waals surface area contributed by atoms with Crippen molar-refractivity contribution in [3.8, 4) is 0 Å². The fraction of sp³-hybridized carbons (Fsp3) is 0.385. The molecule has 1 N–H and O–H groups in total. The monoisotopic (exact) mass is 229 g/mol. The third kappa shape index (κ3) is 2.36. The number of hydrogen-bond donors (Lipinski definition) is 1. The summed E-state index contributed by atoms with van der Waals surface area (Å²) < 4.78 is 5.30. The van der Waals surface area contributed by atoms with Gasteiger partial charge in [0.15, 0.2) is 0 Å². The summed E-state index contributed by atoms with van der Waals surface area (Å²) in [7, 11) is 0. The first kappa shape index (κ1) is 10.5. The van der Waals surface area contributed by atoms with Gasteiger partial charge in [-0.1, -0.05) is 0 Å². The molecule has 0 saturated carbocycles. The molecule has 0 radical (unpaired) electrons. The Labute approximate surface area is 100 Å². The summed E-state index contributed by atoms with van der Waals surface area (Å²) in [5, 5.41) is 3.32. The lowest BCUT2D eigenvalue weighted by molar-refractivity contribution is 0.505. The van der Waals surface area contributed by atoms with E-state index < -0.39 is 0 Å². The van der Waals surface area contributed by atoms with Crippen LogP contribution in [0, 0.1) is 0 Å². The van der Waals surface area contributed by atoms with E-state index >= 15 is 0 Å². The number of furan rings is 1. The largest absolute Gasteiger partial charge is 0.469 e. The van der Waals surface area contributed by atoms with Crippen LogP contribution in [0.25, 0.3) is 0 Å². The second-order valence-electron chi connectivity index (χ2n) is 4.26. The van der Waals surface area contributed by atoms with Crippen LogP contribution in [0.2, 0.25) is 0 Å². The van der Waals surface area contributed by atoms with Gasteiger partial charge in [0.05, 0.1) is 6.26 Å². The molecule has 0 amide bonds. The van der Waals surface area contributed by atoms with Gasteiger partial charge in [0.2, 0.25) is 0 Å². The van der Waals surface area contributed by atoms with Crippen LogP contribution in [0.1, 0.15) is 22.8 Å². The van der Waals surface area contributed by atoms with Crippen LogP contribution in [0.15, 0.2) is 29.0 Å². The van der Waals surface area contributed by atoms with Gasteiger partial charge in [-0.25, -0.2) is 9.97 Å². The van der Waals surface area contributed by atoms with E-state index in [-0.39, 0.29) is 0 Å². The molecule has 0 bridgehead atoms. The fourth-order valence-electron chi connectivity index (χ4n) is 2.09. The zero-order valence-electron chi connectivity index (χ0n) is 9.65. The Kier molecular flexibility index (Phi) is 2.88. The van der Waals surface area contributed by atoms with E-state index in [2.05, 4.69) is 15.3 Å². The summed E-state index contributed by atoms with van der Waals surface area (Å²) >= 11 is 0. The number of nitrogens with zero attached hydrogens (tertiary/aromatic N) is 2. The second-order valence-corrected chi connectivity index (χ2v) is 4.26. The van der Waals surface area contributed by atoms with Gasteiger partial charge in [0.1, 0.15) is 11.6 Å². The molecule has 0 fully saturated rings. The number of rotatable bonds is 3. The Bertz CT molecular complexity index is 493. The van der Waals surface area contributed by atoms with E-state index in [0.29, 0.717) is 0 Å². The average molecular weight is 229 g/mol. The molecule has 0 unspecified atom stereocenters. The Morgan fingerprint density at radius 3 is 3.24 bits per heavy atom. The standard InChI is InChI=1S/C13H15N3O/c1-2-11(17-7-1)3-4-13-15-9-10-8-14-6-5-12(10)16-13/h1-2,7,9,14H,3-6,8H2. The number of hydrogen-bond acceptors (Lipinski definition) is 4. The molecular formula is C13H15N3O. The molecule has 1 aliphatic rings. The summed E-state index contributed by atoms with van der Waals surface area (Å²) in [5.41, 5.74) is 2.44. The highest BCUT2D eigenvalue weighted by atomic mass is 16.3. The Morgan fingerprint density at radius 1 is 1.35 bits per heavy atom. The summed E-state index contributed by atoms with van der Waals surface area (Å²) in [4.78, 5) is 9.02. The van der Waals surface area contributed by atoms with Crippen LogP contribution >= 0.6 is 0 Å². The molecule has 3 rings (SSSR count). The van der Waals surface area contributed by atoms with Crippen molar-refractivity contribution in [1.82, 2.24) is 15.3 Å². The Morgan fingerprint density at radius 2 is 2.35 bits per heavy atom. The number of aromatic nitrogens is 2. The van der Waals surface area contributed by atoms with E-state index in [1.165, 1.54) is 11.3 Å². The molecule has 88 valence electrons. The Hall–Kier alpha value is -1.68. The first-order chi connectivity index (χ1) is 8.42. The van der Waals surface area contributed by atoms with Gasteiger partial charge in [-0.15, -0.1) is 0 Å². The highest BCUT2D eigenvalue weighted by molar-refractivity contribution is 5.20. The smallest absolute Gasteiger partial charge is 0.129 e. The molecule has 0 spiro atoms. The molecule has 17 heavy (non-hydrogen) atoms. The molecular weight excluding hydrogens is 214 g/mol. The average Bonchev–Trinajstić information content (AvgIpc) is 2.89. The van der Waals surface area contributed by atoms with Crippen LogP contribution in [-0.2, 0) is 25.8 Å². The number of fused-ring (bicyclic) bond motifs is 1.